The van der Waals surface area contributed by atoms with Gasteiger partial charge in [0.05, 0.1) is 23.1 Å². The smallest absolute Gasteiger partial charge is 0.408 e. The Hall–Kier alpha value is -3.94. The van der Waals surface area contributed by atoms with Crippen LogP contribution in [0.4, 0.5) is 4.79 Å². The average Bonchev–Trinajstić information content (AvgIpc) is 3.32. The maximum Gasteiger partial charge on any atom is 0.408 e. The van der Waals surface area contributed by atoms with Crippen molar-refractivity contribution in [2.24, 2.45) is 5.92 Å². The van der Waals surface area contributed by atoms with Crippen molar-refractivity contribution in [3.63, 3.8) is 0 Å². The normalized spacial score (nSPS) is 12.1. The summed E-state index contributed by atoms with van der Waals surface area (Å²) in [6, 6.07) is 14.2. The molecule has 2 aromatic heterocycles. The Kier molecular flexibility index (Phi) is 6.30. The van der Waals surface area contributed by atoms with E-state index in [-0.39, 0.29) is 18.1 Å². The van der Waals surface area contributed by atoms with Gasteiger partial charge in [0.2, 0.25) is 0 Å². The van der Waals surface area contributed by atoms with Crippen LogP contribution in [-0.4, -0.2) is 21.0 Å². The molecule has 4 rings (SSSR count). The van der Waals surface area contributed by atoms with E-state index < -0.39 is 12.1 Å². The second-order valence-corrected chi connectivity index (χ2v) is 7.94. The number of oxazole rings is 1. The van der Waals surface area contributed by atoms with E-state index in [0.29, 0.717) is 28.9 Å². The fourth-order valence-corrected chi connectivity index (χ4v) is 3.45. The second-order valence-electron chi connectivity index (χ2n) is 7.94. The van der Waals surface area contributed by atoms with Crippen molar-refractivity contribution in [2.45, 2.75) is 32.9 Å². The minimum Gasteiger partial charge on any atom is -0.445 e. The van der Waals surface area contributed by atoms with Crippen molar-refractivity contribution in [1.82, 2.24) is 20.3 Å². The summed E-state index contributed by atoms with van der Waals surface area (Å²) in [5.41, 5.74) is 1.86. The van der Waals surface area contributed by atoms with Crippen LogP contribution in [0.15, 0.2) is 70.3 Å². The molecule has 1 atom stereocenters. The molecule has 2 N–H and O–H groups in total. The molecule has 0 saturated carbocycles. The van der Waals surface area contributed by atoms with Crippen LogP contribution in [0.25, 0.3) is 22.2 Å². The average molecular weight is 432 g/mol. The monoisotopic (exact) mass is 432 g/mol. The van der Waals surface area contributed by atoms with E-state index >= 15 is 0 Å². The molecule has 0 fully saturated rings. The Labute approximate surface area is 184 Å². The van der Waals surface area contributed by atoms with Crippen LogP contribution in [0.1, 0.15) is 37.7 Å². The summed E-state index contributed by atoms with van der Waals surface area (Å²) in [5.74, 6) is 1.21. The number of aromatic nitrogens is 3. The number of H-pyrrole nitrogens is 1. The SMILES string of the molecule is CC(C)CC(NC(=O)OCc1ccccc1)c1nc2ccc(-c3cnco3)cc2c(=O)[nH]1. The molecule has 1 amide bonds. The van der Waals surface area contributed by atoms with E-state index in [4.69, 9.17) is 9.15 Å². The van der Waals surface area contributed by atoms with E-state index in [2.05, 4.69) is 20.3 Å². The number of nitrogens with one attached hydrogen (secondary N) is 2. The highest BCUT2D eigenvalue weighted by atomic mass is 16.5. The first-order valence-electron chi connectivity index (χ1n) is 10.4. The van der Waals surface area contributed by atoms with Crippen molar-refractivity contribution >= 4 is 17.0 Å². The van der Waals surface area contributed by atoms with Gasteiger partial charge in [-0.3, -0.25) is 4.79 Å². The summed E-state index contributed by atoms with van der Waals surface area (Å²) < 4.78 is 10.7. The van der Waals surface area contributed by atoms with Gasteiger partial charge in [0, 0.05) is 5.56 Å². The van der Waals surface area contributed by atoms with Gasteiger partial charge >= 0.3 is 6.09 Å². The van der Waals surface area contributed by atoms with Gasteiger partial charge < -0.3 is 19.5 Å². The van der Waals surface area contributed by atoms with Crippen molar-refractivity contribution in [2.75, 3.05) is 0 Å². The van der Waals surface area contributed by atoms with E-state index in [0.717, 1.165) is 11.1 Å². The number of alkyl carbamates (subject to hydrolysis) is 1. The quantitative estimate of drug-likeness (QED) is 0.442. The fourth-order valence-electron chi connectivity index (χ4n) is 3.45. The number of carbonyl (C=O) groups excluding carboxylic acids is 1. The molecule has 1 unspecified atom stereocenters. The van der Waals surface area contributed by atoms with Gasteiger partial charge in [-0.2, -0.15) is 0 Å². The number of amides is 1. The van der Waals surface area contributed by atoms with Gasteiger partial charge in [0.15, 0.2) is 12.2 Å². The van der Waals surface area contributed by atoms with Crippen LogP contribution in [0, 0.1) is 5.92 Å². The predicted molar refractivity (Wildman–Crippen MR) is 120 cm³/mol. The third-order valence-electron chi connectivity index (χ3n) is 4.98. The van der Waals surface area contributed by atoms with Crippen LogP contribution in [-0.2, 0) is 11.3 Å². The Balaban J connectivity index is 1.56. The molecule has 2 heterocycles. The lowest BCUT2D eigenvalue weighted by Crippen LogP contribution is -2.32. The molecular formula is C24H24N4O4. The molecule has 164 valence electrons. The largest absolute Gasteiger partial charge is 0.445 e. The molecule has 8 nitrogen and oxygen atoms in total. The summed E-state index contributed by atoms with van der Waals surface area (Å²) in [6.07, 6.45) is 2.94. The van der Waals surface area contributed by atoms with Crippen LogP contribution in [0.2, 0.25) is 0 Å². The lowest BCUT2D eigenvalue weighted by atomic mass is 10.0. The van der Waals surface area contributed by atoms with Crippen LogP contribution in [0.3, 0.4) is 0 Å². The highest BCUT2D eigenvalue weighted by Gasteiger charge is 2.21. The number of nitrogens with zero attached hydrogens (tertiary/aromatic N) is 2. The van der Waals surface area contributed by atoms with Gasteiger partial charge in [-0.05, 0) is 36.1 Å². The number of rotatable bonds is 7. The summed E-state index contributed by atoms with van der Waals surface area (Å²) in [7, 11) is 0. The first kappa shape index (κ1) is 21.3. The summed E-state index contributed by atoms with van der Waals surface area (Å²) >= 11 is 0. The topological polar surface area (TPSA) is 110 Å². The van der Waals surface area contributed by atoms with Gasteiger partial charge in [0.1, 0.15) is 12.4 Å². The van der Waals surface area contributed by atoms with Crippen LogP contribution >= 0.6 is 0 Å². The zero-order valence-electron chi connectivity index (χ0n) is 17.9. The third kappa shape index (κ3) is 5.03. The van der Waals surface area contributed by atoms with Gasteiger partial charge in [-0.1, -0.05) is 44.2 Å². The van der Waals surface area contributed by atoms with E-state index in [1.54, 1.807) is 18.3 Å². The number of ether oxygens (including phenoxy) is 1. The third-order valence-corrected chi connectivity index (χ3v) is 4.98. The van der Waals surface area contributed by atoms with Crippen molar-refractivity contribution in [3.05, 3.63) is 82.9 Å². The molecule has 0 bridgehead atoms. The minimum atomic E-state index is -0.567. The molecular weight excluding hydrogens is 408 g/mol. The lowest BCUT2D eigenvalue weighted by molar-refractivity contribution is 0.133. The van der Waals surface area contributed by atoms with Crippen molar-refractivity contribution < 1.29 is 13.9 Å². The predicted octanol–water partition coefficient (Wildman–Crippen LogP) is 4.59. The Morgan fingerprint density at radius 2 is 2.00 bits per heavy atom. The lowest BCUT2D eigenvalue weighted by Gasteiger charge is -2.20. The van der Waals surface area contributed by atoms with Crippen molar-refractivity contribution in [3.8, 4) is 11.3 Å². The first-order chi connectivity index (χ1) is 15.5. The summed E-state index contributed by atoms with van der Waals surface area (Å²) in [5, 5.41) is 3.27. The molecule has 0 aliphatic heterocycles. The standard InChI is InChI=1S/C24H24N4O4/c1-15(2)10-20(27-24(30)31-13-16-6-4-3-5-7-16)22-26-19-9-8-17(21-12-25-14-32-21)11-18(19)23(29)28-22/h3-9,11-12,14-15,20H,10,13H2,1-2H3,(H,27,30)(H,26,28,29). The molecule has 0 spiro atoms. The molecule has 2 aromatic carbocycles. The van der Waals surface area contributed by atoms with E-state index in [1.807, 2.05) is 50.2 Å². The summed E-state index contributed by atoms with van der Waals surface area (Å²) in [4.78, 5) is 36.6. The summed E-state index contributed by atoms with van der Waals surface area (Å²) in [6.45, 7) is 4.23. The van der Waals surface area contributed by atoms with Gasteiger partial charge in [-0.15, -0.1) is 0 Å². The van der Waals surface area contributed by atoms with E-state index in [1.165, 1.54) is 6.39 Å². The zero-order chi connectivity index (χ0) is 22.5. The Morgan fingerprint density at radius 1 is 1.19 bits per heavy atom. The molecule has 0 saturated heterocycles. The number of benzene rings is 2. The van der Waals surface area contributed by atoms with Crippen LogP contribution < -0.4 is 10.9 Å². The maximum absolute atomic E-state index is 12.8. The van der Waals surface area contributed by atoms with Crippen LogP contribution in [0.5, 0.6) is 0 Å². The Morgan fingerprint density at radius 3 is 2.72 bits per heavy atom. The molecule has 8 heteroatoms. The zero-order valence-corrected chi connectivity index (χ0v) is 17.9. The molecule has 0 aliphatic carbocycles. The van der Waals surface area contributed by atoms with Crippen molar-refractivity contribution in [1.29, 1.82) is 0 Å². The molecule has 0 aliphatic rings. The molecule has 4 aromatic rings. The first-order valence-corrected chi connectivity index (χ1v) is 10.4. The maximum atomic E-state index is 12.8. The molecule has 32 heavy (non-hydrogen) atoms. The fraction of sp³-hybridized carbons (Fsp3) is 0.250. The second kappa shape index (κ2) is 9.47. The van der Waals surface area contributed by atoms with Gasteiger partial charge in [-0.25, -0.2) is 14.8 Å². The number of hydrogen-bond donors (Lipinski definition) is 2. The molecule has 0 radical (unpaired) electrons. The Bertz CT molecular complexity index is 1250. The highest BCUT2D eigenvalue weighted by Crippen LogP contribution is 2.23. The van der Waals surface area contributed by atoms with Gasteiger partial charge in [0.25, 0.3) is 5.56 Å². The van der Waals surface area contributed by atoms with E-state index in [9.17, 15) is 9.59 Å². The minimum absolute atomic E-state index is 0.160. The number of carbonyl (C=O) groups is 1. The number of hydrogen-bond acceptors (Lipinski definition) is 6. The highest BCUT2D eigenvalue weighted by molar-refractivity contribution is 5.82. The number of aromatic amines is 1. The number of fused-ring (bicyclic) bond motifs is 1.